The van der Waals surface area contributed by atoms with E-state index in [0.717, 1.165) is 25.2 Å². The smallest absolute Gasteiger partial charge is 0.242 e. The number of fused-ring (bicyclic) bond motifs is 5. The van der Waals surface area contributed by atoms with Crippen molar-refractivity contribution in [1.29, 1.82) is 0 Å². The number of hydrogen-bond acceptors (Lipinski definition) is 4. The number of likely N-dealkylation sites (tertiary alicyclic amines) is 1. The van der Waals surface area contributed by atoms with E-state index in [2.05, 4.69) is 30.0 Å². The van der Waals surface area contributed by atoms with Gasteiger partial charge in [-0.15, -0.1) is 0 Å². The minimum atomic E-state index is -0.232. The molecule has 1 aromatic carbocycles. The predicted molar refractivity (Wildman–Crippen MR) is 104 cm³/mol. The van der Waals surface area contributed by atoms with Crippen LogP contribution in [-0.2, 0) is 14.4 Å². The Balaban J connectivity index is 1.21. The summed E-state index contributed by atoms with van der Waals surface area (Å²) in [6.45, 7) is 4.70. The molecule has 2 aliphatic carbocycles. The number of imide groups is 1. The first-order valence-corrected chi connectivity index (χ1v) is 10.2. The van der Waals surface area contributed by atoms with Gasteiger partial charge in [0, 0.05) is 31.9 Å². The maximum atomic E-state index is 12.9. The molecule has 1 saturated carbocycles. The number of rotatable bonds is 3. The van der Waals surface area contributed by atoms with Crippen LogP contribution in [0.4, 0.5) is 5.69 Å². The second-order valence-corrected chi connectivity index (χ2v) is 8.43. The molecular formula is C22H25N3O3. The minimum absolute atomic E-state index is 0.103. The number of piperazine rings is 1. The molecule has 0 radical (unpaired) electrons. The third-order valence-electron chi connectivity index (χ3n) is 7.02. The zero-order valence-corrected chi connectivity index (χ0v) is 16.1. The molecule has 2 heterocycles. The van der Waals surface area contributed by atoms with Crippen molar-refractivity contribution >= 4 is 23.4 Å². The Kier molecular flexibility index (Phi) is 4.03. The van der Waals surface area contributed by atoms with Gasteiger partial charge in [0.15, 0.2) is 0 Å². The SMILES string of the molecule is CC1=C[C@H]2C[C@H]1[C@H]1C(=O)N(CC(=O)N3CCN(c4ccccc4)CC3)C(=O)[C@H]12. The summed E-state index contributed by atoms with van der Waals surface area (Å²) in [4.78, 5) is 43.8. The standard InChI is InChI=1S/C22H25N3O3/c1-14-11-15-12-17(14)20-19(15)21(27)25(22(20)28)13-18(26)24-9-7-23(8-10-24)16-5-3-2-4-6-16/h2-6,11,15,17,19-20H,7-10,12-13H2,1H3/t15-,17+,19-,20+/m0/s1. The fourth-order valence-corrected chi connectivity index (χ4v) is 5.58. The van der Waals surface area contributed by atoms with Crippen LogP contribution in [0.3, 0.4) is 0 Å². The zero-order valence-electron chi connectivity index (χ0n) is 16.1. The third-order valence-corrected chi connectivity index (χ3v) is 7.02. The van der Waals surface area contributed by atoms with Crippen LogP contribution in [0.1, 0.15) is 13.3 Å². The first-order valence-electron chi connectivity index (χ1n) is 10.2. The molecule has 4 aliphatic rings. The molecule has 1 aromatic rings. The number of allylic oxidation sites excluding steroid dienone is 2. The lowest BCUT2D eigenvalue weighted by atomic mass is 9.82. The molecule has 2 saturated heterocycles. The van der Waals surface area contributed by atoms with E-state index in [1.807, 2.05) is 18.2 Å². The Bertz CT molecular complexity index is 857. The van der Waals surface area contributed by atoms with Gasteiger partial charge in [0.05, 0.1) is 11.8 Å². The number of carbonyl (C=O) groups excluding carboxylic acids is 3. The molecule has 28 heavy (non-hydrogen) atoms. The largest absolute Gasteiger partial charge is 0.368 e. The van der Waals surface area contributed by atoms with Gasteiger partial charge in [0.2, 0.25) is 17.7 Å². The lowest BCUT2D eigenvalue weighted by Crippen LogP contribution is -2.52. The summed E-state index contributed by atoms with van der Waals surface area (Å²) in [5.74, 6) is -0.476. The van der Waals surface area contributed by atoms with Crippen LogP contribution in [0.5, 0.6) is 0 Å². The van der Waals surface area contributed by atoms with E-state index in [4.69, 9.17) is 0 Å². The first-order chi connectivity index (χ1) is 13.5. The Hall–Kier alpha value is -2.63. The molecule has 2 bridgehead atoms. The van der Waals surface area contributed by atoms with Crippen molar-refractivity contribution < 1.29 is 14.4 Å². The maximum absolute atomic E-state index is 12.9. The van der Waals surface area contributed by atoms with Crippen molar-refractivity contribution in [2.75, 3.05) is 37.6 Å². The highest BCUT2D eigenvalue weighted by Crippen LogP contribution is 2.55. The first kappa shape index (κ1) is 17.5. The molecule has 0 aromatic heterocycles. The normalized spacial score (nSPS) is 31.5. The highest BCUT2D eigenvalue weighted by atomic mass is 16.2. The second-order valence-electron chi connectivity index (χ2n) is 8.43. The van der Waals surface area contributed by atoms with E-state index in [1.165, 1.54) is 10.5 Å². The lowest BCUT2D eigenvalue weighted by Gasteiger charge is -2.36. The van der Waals surface area contributed by atoms with Crippen molar-refractivity contribution in [2.24, 2.45) is 23.7 Å². The van der Waals surface area contributed by atoms with Crippen molar-refractivity contribution in [1.82, 2.24) is 9.80 Å². The van der Waals surface area contributed by atoms with Crippen LogP contribution < -0.4 is 4.90 Å². The van der Waals surface area contributed by atoms with Gasteiger partial charge in [-0.05, 0) is 37.3 Å². The van der Waals surface area contributed by atoms with Crippen LogP contribution in [0, 0.1) is 23.7 Å². The molecule has 2 aliphatic heterocycles. The summed E-state index contributed by atoms with van der Waals surface area (Å²) >= 11 is 0. The minimum Gasteiger partial charge on any atom is -0.368 e. The quantitative estimate of drug-likeness (QED) is 0.590. The van der Waals surface area contributed by atoms with Gasteiger partial charge in [-0.25, -0.2) is 0 Å². The number of amides is 3. The number of anilines is 1. The Morgan fingerprint density at radius 3 is 2.39 bits per heavy atom. The van der Waals surface area contributed by atoms with Crippen molar-refractivity contribution in [3.63, 3.8) is 0 Å². The summed E-state index contributed by atoms with van der Waals surface area (Å²) in [5.41, 5.74) is 2.39. The molecule has 0 unspecified atom stereocenters. The van der Waals surface area contributed by atoms with Gasteiger partial charge in [-0.3, -0.25) is 19.3 Å². The predicted octanol–water partition coefficient (Wildman–Crippen LogP) is 1.53. The van der Waals surface area contributed by atoms with Crippen molar-refractivity contribution in [3.05, 3.63) is 42.0 Å². The topological polar surface area (TPSA) is 60.9 Å². The van der Waals surface area contributed by atoms with Gasteiger partial charge < -0.3 is 9.80 Å². The molecule has 6 heteroatoms. The number of hydrogen-bond donors (Lipinski definition) is 0. The number of benzene rings is 1. The highest BCUT2D eigenvalue weighted by Gasteiger charge is 2.60. The number of nitrogens with zero attached hydrogens (tertiary/aromatic N) is 3. The average molecular weight is 379 g/mol. The van der Waals surface area contributed by atoms with Crippen LogP contribution in [0.25, 0.3) is 0 Å². The summed E-state index contributed by atoms with van der Waals surface area (Å²) in [7, 11) is 0. The van der Waals surface area contributed by atoms with Gasteiger partial charge in [0.25, 0.3) is 0 Å². The third kappa shape index (κ3) is 2.58. The van der Waals surface area contributed by atoms with E-state index in [9.17, 15) is 14.4 Å². The molecular weight excluding hydrogens is 354 g/mol. The zero-order chi connectivity index (χ0) is 19.4. The second kappa shape index (κ2) is 6.47. The highest BCUT2D eigenvalue weighted by molar-refractivity contribution is 6.08. The summed E-state index contributed by atoms with van der Waals surface area (Å²) in [6.07, 6.45) is 3.08. The number of para-hydroxylation sites is 1. The monoisotopic (exact) mass is 379 g/mol. The average Bonchev–Trinajstić information content (AvgIpc) is 3.35. The lowest BCUT2D eigenvalue weighted by molar-refractivity contribution is -0.147. The number of carbonyl (C=O) groups is 3. The summed E-state index contributed by atoms with van der Waals surface area (Å²) < 4.78 is 0. The summed E-state index contributed by atoms with van der Waals surface area (Å²) in [5, 5.41) is 0. The Labute approximate surface area is 164 Å². The molecule has 0 N–H and O–H groups in total. The molecule has 6 nitrogen and oxygen atoms in total. The van der Waals surface area contributed by atoms with Crippen molar-refractivity contribution in [2.45, 2.75) is 13.3 Å². The molecule has 3 fully saturated rings. The van der Waals surface area contributed by atoms with Crippen LogP contribution in [0.2, 0.25) is 0 Å². The fourth-order valence-electron chi connectivity index (χ4n) is 5.58. The molecule has 5 rings (SSSR count). The Morgan fingerprint density at radius 1 is 1.00 bits per heavy atom. The van der Waals surface area contributed by atoms with E-state index in [0.29, 0.717) is 13.1 Å². The van der Waals surface area contributed by atoms with Crippen molar-refractivity contribution in [3.8, 4) is 0 Å². The Morgan fingerprint density at radius 2 is 1.68 bits per heavy atom. The van der Waals surface area contributed by atoms with Crippen LogP contribution in [-0.4, -0.2) is 60.2 Å². The van der Waals surface area contributed by atoms with E-state index >= 15 is 0 Å². The molecule has 146 valence electrons. The molecule has 4 atom stereocenters. The fraction of sp³-hybridized carbons (Fsp3) is 0.500. The maximum Gasteiger partial charge on any atom is 0.242 e. The van der Waals surface area contributed by atoms with E-state index < -0.39 is 0 Å². The van der Waals surface area contributed by atoms with Crippen LogP contribution >= 0.6 is 0 Å². The summed E-state index contributed by atoms with van der Waals surface area (Å²) in [6, 6.07) is 10.2. The van der Waals surface area contributed by atoms with E-state index in [-0.39, 0.29) is 47.9 Å². The van der Waals surface area contributed by atoms with Gasteiger partial charge in [-0.1, -0.05) is 29.8 Å². The van der Waals surface area contributed by atoms with Crippen LogP contribution in [0.15, 0.2) is 42.0 Å². The molecule has 0 spiro atoms. The van der Waals surface area contributed by atoms with E-state index in [1.54, 1.807) is 4.90 Å². The van der Waals surface area contributed by atoms with Gasteiger partial charge in [-0.2, -0.15) is 0 Å². The van der Waals surface area contributed by atoms with Gasteiger partial charge >= 0.3 is 0 Å². The molecule has 3 amide bonds. The van der Waals surface area contributed by atoms with Gasteiger partial charge in [0.1, 0.15) is 6.54 Å².